The van der Waals surface area contributed by atoms with Gasteiger partial charge in [-0.25, -0.2) is 4.79 Å². The van der Waals surface area contributed by atoms with E-state index in [-0.39, 0.29) is 24.6 Å². The predicted molar refractivity (Wildman–Crippen MR) is 94.1 cm³/mol. The van der Waals surface area contributed by atoms with Crippen molar-refractivity contribution in [1.29, 1.82) is 0 Å². The molecule has 1 aromatic carbocycles. The van der Waals surface area contributed by atoms with Crippen molar-refractivity contribution in [3.8, 4) is 11.5 Å². The number of hydrogen-bond donors (Lipinski definition) is 3. The van der Waals surface area contributed by atoms with Gasteiger partial charge in [0.15, 0.2) is 0 Å². The summed E-state index contributed by atoms with van der Waals surface area (Å²) < 4.78 is 5.38. The van der Waals surface area contributed by atoms with Crippen molar-refractivity contribution in [3.05, 3.63) is 30.2 Å². The second kappa shape index (κ2) is 8.11. The molecule has 0 spiro atoms. The van der Waals surface area contributed by atoms with Crippen LogP contribution in [0.5, 0.6) is 0 Å². The van der Waals surface area contributed by atoms with E-state index < -0.39 is 0 Å². The monoisotopic (exact) mass is 344 g/mol. The normalized spacial score (nSPS) is 20.7. The van der Waals surface area contributed by atoms with E-state index in [1.165, 1.54) is 0 Å². The number of nitrogens with one attached hydrogen (secondary N) is 2. The third-order valence-electron chi connectivity index (χ3n) is 4.63. The van der Waals surface area contributed by atoms with Crippen molar-refractivity contribution < 1.29 is 14.3 Å². The van der Waals surface area contributed by atoms with Crippen molar-refractivity contribution in [2.45, 2.75) is 45.1 Å². The highest BCUT2D eigenvalue weighted by Gasteiger charge is 2.24. The van der Waals surface area contributed by atoms with Gasteiger partial charge >= 0.3 is 6.03 Å². The van der Waals surface area contributed by atoms with Crippen LogP contribution >= 0.6 is 0 Å². The van der Waals surface area contributed by atoms with Gasteiger partial charge in [-0.3, -0.25) is 0 Å². The minimum atomic E-state index is -0.244. The van der Waals surface area contributed by atoms with Crippen LogP contribution in [0.2, 0.25) is 0 Å². The van der Waals surface area contributed by atoms with E-state index in [0.29, 0.717) is 17.5 Å². The molecule has 1 heterocycles. The fraction of sp³-hybridized carbons (Fsp3) is 0.500. The lowest BCUT2D eigenvalue weighted by molar-refractivity contribution is 0.182. The number of carbonyl (C=O) groups is 1. The fourth-order valence-electron chi connectivity index (χ4n) is 3.24. The van der Waals surface area contributed by atoms with Gasteiger partial charge in [0.1, 0.15) is 0 Å². The topological polar surface area (TPSA) is 100 Å². The number of anilines is 1. The smallest absolute Gasteiger partial charge is 0.319 e. The highest BCUT2D eigenvalue weighted by molar-refractivity contribution is 5.89. The van der Waals surface area contributed by atoms with Gasteiger partial charge in [-0.1, -0.05) is 19.3 Å². The van der Waals surface area contributed by atoms with E-state index in [1.807, 2.05) is 12.1 Å². The first-order valence-electron chi connectivity index (χ1n) is 8.74. The van der Waals surface area contributed by atoms with Crippen LogP contribution in [-0.2, 0) is 0 Å². The van der Waals surface area contributed by atoms with Crippen LogP contribution in [0.15, 0.2) is 28.7 Å². The zero-order chi connectivity index (χ0) is 17.6. The highest BCUT2D eigenvalue weighted by Crippen LogP contribution is 2.24. The predicted octanol–water partition coefficient (Wildman–Crippen LogP) is 3.11. The van der Waals surface area contributed by atoms with Gasteiger partial charge in [-0.2, -0.15) is 0 Å². The molecule has 1 aromatic heterocycles. The molecule has 0 radical (unpaired) electrons. The van der Waals surface area contributed by atoms with Crippen LogP contribution in [-0.4, -0.2) is 34.0 Å². The largest absolute Gasteiger partial charge is 0.421 e. The number of nitrogens with zero attached hydrogens (tertiary/aromatic N) is 2. The molecular weight excluding hydrogens is 320 g/mol. The average Bonchev–Trinajstić information content (AvgIpc) is 2.91. The van der Waals surface area contributed by atoms with Crippen molar-refractivity contribution >= 4 is 11.7 Å². The quantitative estimate of drug-likeness (QED) is 0.740. The zero-order valence-electron chi connectivity index (χ0n) is 14.4. The first kappa shape index (κ1) is 17.4. The molecule has 2 aromatic rings. The number of amides is 2. The molecule has 2 amide bonds. The summed E-state index contributed by atoms with van der Waals surface area (Å²) in [6.07, 6.45) is 5.22. The fourth-order valence-corrected chi connectivity index (χ4v) is 3.24. The van der Waals surface area contributed by atoms with Gasteiger partial charge in [-0.05, 0) is 37.1 Å². The van der Waals surface area contributed by atoms with Gasteiger partial charge in [0, 0.05) is 36.7 Å². The minimum Gasteiger partial charge on any atom is -0.421 e. The van der Waals surface area contributed by atoms with Gasteiger partial charge in [0.25, 0.3) is 0 Å². The third kappa shape index (κ3) is 4.57. The maximum absolute atomic E-state index is 12.3. The lowest BCUT2D eigenvalue weighted by Gasteiger charge is -2.24. The van der Waals surface area contributed by atoms with E-state index >= 15 is 0 Å². The molecule has 3 N–H and O–H groups in total. The Morgan fingerprint density at radius 3 is 2.64 bits per heavy atom. The van der Waals surface area contributed by atoms with Gasteiger partial charge in [0.05, 0.1) is 0 Å². The number of aryl methyl sites for hydroxylation is 1. The molecule has 0 saturated heterocycles. The number of aromatic nitrogens is 2. The number of aliphatic hydroxyl groups is 1. The standard InChI is InChI=1S/C18H24N4O3/c1-12-21-22-17(25-12)13-7-9-15(10-8-13)19-18(24)20-16-6-4-2-3-5-14(16)11-23/h7-10,14,16,23H,2-6,11H2,1H3,(H2,19,20,24). The maximum atomic E-state index is 12.3. The Labute approximate surface area is 146 Å². The summed E-state index contributed by atoms with van der Waals surface area (Å²) in [4.78, 5) is 12.3. The third-order valence-corrected chi connectivity index (χ3v) is 4.63. The molecule has 134 valence electrons. The van der Waals surface area contributed by atoms with E-state index in [4.69, 9.17) is 4.42 Å². The number of benzene rings is 1. The number of rotatable bonds is 4. The Bertz CT molecular complexity index is 699. The Balaban J connectivity index is 1.58. The van der Waals surface area contributed by atoms with Crippen LogP contribution < -0.4 is 10.6 Å². The van der Waals surface area contributed by atoms with Crippen molar-refractivity contribution in [2.24, 2.45) is 5.92 Å². The number of aliphatic hydroxyl groups excluding tert-OH is 1. The van der Waals surface area contributed by atoms with Crippen molar-refractivity contribution in [3.63, 3.8) is 0 Å². The summed E-state index contributed by atoms with van der Waals surface area (Å²) in [5.41, 5.74) is 1.49. The molecule has 25 heavy (non-hydrogen) atoms. The lowest BCUT2D eigenvalue weighted by atomic mass is 9.96. The molecule has 1 aliphatic rings. The molecular formula is C18H24N4O3. The van der Waals surface area contributed by atoms with Gasteiger partial charge in [-0.15, -0.1) is 10.2 Å². The molecule has 0 aliphatic heterocycles. The second-order valence-electron chi connectivity index (χ2n) is 6.49. The molecule has 3 rings (SSSR count). The van der Waals surface area contributed by atoms with E-state index in [1.54, 1.807) is 19.1 Å². The number of carbonyl (C=O) groups excluding carboxylic acids is 1. The Morgan fingerprint density at radius 2 is 1.96 bits per heavy atom. The Morgan fingerprint density at radius 1 is 1.20 bits per heavy atom. The van der Waals surface area contributed by atoms with E-state index in [2.05, 4.69) is 20.8 Å². The lowest BCUT2D eigenvalue weighted by Crippen LogP contribution is -2.43. The molecule has 1 saturated carbocycles. The van der Waals surface area contributed by atoms with E-state index in [0.717, 1.165) is 37.7 Å². The summed E-state index contributed by atoms with van der Waals surface area (Å²) in [5, 5.41) is 23.2. The number of urea groups is 1. The summed E-state index contributed by atoms with van der Waals surface area (Å²) in [6.45, 7) is 1.85. The Hall–Kier alpha value is -2.41. The summed E-state index contributed by atoms with van der Waals surface area (Å²) in [7, 11) is 0. The molecule has 0 bridgehead atoms. The van der Waals surface area contributed by atoms with Crippen molar-refractivity contribution in [1.82, 2.24) is 15.5 Å². The maximum Gasteiger partial charge on any atom is 0.319 e. The second-order valence-corrected chi connectivity index (χ2v) is 6.49. The average molecular weight is 344 g/mol. The van der Waals surface area contributed by atoms with Crippen LogP contribution in [0, 0.1) is 12.8 Å². The molecule has 2 atom stereocenters. The van der Waals surface area contributed by atoms with Gasteiger partial charge < -0.3 is 20.2 Å². The molecule has 7 nitrogen and oxygen atoms in total. The van der Waals surface area contributed by atoms with E-state index in [9.17, 15) is 9.90 Å². The highest BCUT2D eigenvalue weighted by atomic mass is 16.4. The zero-order valence-corrected chi connectivity index (χ0v) is 14.4. The Kier molecular flexibility index (Phi) is 5.65. The summed E-state index contributed by atoms with van der Waals surface area (Å²) in [5.74, 6) is 1.10. The SMILES string of the molecule is Cc1nnc(-c2ccc(NC(=O)NC3CCCCCC3CO)cc2)o1. The van der Waals surface area contributed by atoms with Crippen LogP contribution in [0.1, 0.15) is 38.0 Å². The first-order valence-corrected chi connectivity index (χ1v) is 8.74. The summed E-state index contributed by atoms with van der Waals surface area (Å²) >= 11 is 0. The molecule has 1 aliphatic carbocycles. The molecule has 7 heteroatoms. The molecule has 2 unspecified atom stereocenters. The minimum absolute atomic E-state index is 0.0214. The molecule has 1 fully saturated rings. The van der Waals surface area contributed by atoms with Crippen LogP contribution in [0.4, 0.5) is 10.5 Å². The van der Waals surface area contributed by atoms with Crippen LogP contribution in [0.25, 0.3) is 11.5 Å². The first-order chi connectivity index (χ1) is 12.2. The summed E-state index contributed by atoms with van der Waals surface area (Å²) in [6, 6.07) is 7.02. The van der Waals surface area contributed by atoms with Crippen molar-refractivity contribution in [2.75, 3.05) is 11.9 Å². The van der Waals surface area contributed by atoms with Crippen LogP contribution in [0.3, 0.4) is 0 Å². The van der Waals surface area contributed by atoms with Gasteiger partial charge in [0.2, 0.25) is 11.8 Å². The number of hydrogen-bond acceptors (Lipinski definition) is 5.